The zero-order valence-electron chi connectivity index (χ0n) is 12.3. The quantitative estimate of drug-likeness (QED) is 0.598. The maximum atomic E-state index is 13.3. The van der Waals surface area contributed by atoms with Crippen molar-refractivity contribution in [1.82, 2.24) is 0 Å². The van der Waals surface area contributed by atoms with Gasteiger partial charge < -0.3 is 9.47 Å². The molecule has 1 rings (SSSR count). The molecule has 118 valence electrons. The Balaban J connectivity index is 3.07. The predicted octanol–water partition coefficient (Wildman–Crippen LogP) is 3.12. The Morgan fingerprint density at radius 1 is 0.909 bits per heavy atom. The molecule has 0 N–H and O–H groups in total. The molecule has 0 unspecified atom stereocenters. The molecule has 0 atom stereocenters. The Kier molecular flexibility index (Phi) is 6.95. The fraction of sp³-hybridized carbons (Fsp3) is 0.250. The standard InChI is InChI=1S/C16H16F2O4/c1-3-21-15(19)7-5-11-9-13(17)14(18)10-12(11)6-8-16(20)22-4-2/h5-10H,3-4H2,1-2H3/b7-5+,8-6+. The summed E-state index contributed by atoms with van der Waals surface area (Å²) in [6.07, 6.45) is 4.76. The van der Waals surface area contributed by atoms with Gasteiger partial charge in [-0.25, -0.2) is 18.4 Å². The van der Waals surface area contributed by atoms with Gasteiger partial charge in [0, 0.05) is 12.2 Å². The minimum absolute atomic E-state index is 0.205. The molecule has 0 saturated carbocycles. The first-order chi connectivity index (χ1) is 10.5. The molecule has 0 amide bonds. The van der Waals surface area contributed by atoms with Gasteiger partial charge in [-0.3, -0.25) is 0 Å². The number of carbonyl (C=O) groups is 2. The molecule has 0 aromatic heterocycles. The molecule has 0 fully saturated rings. The van der Waals surface area contributed by atoms with Crippen LogP contribution in [0.4, 0.5) is 8.78 Å². The van der Waals surface area contributed by atoms with Crippen molar-refractivity contribution in [2.75, 3.05) is 13.2 Å². The molecule has 0 heterocycles. The summed E-state index contributed by atoms with van der Waals surface area (Å²) >= 11 is 0. The van der Waals surface area contributed by atoms with Crippen LogP contribution in [-0.4, -0.2) is 25.2 Å². The molecule has 0 radical (unpaired) electrons. The first-order valence-electron chi connectivity index (χ1n) is 6.66. The molecular weight excluding hydrogens is 294 g/mol. The summed E-state index contributed by atoms with van der Waals surface area (Å²) in [6, 6.07) is 1.85. The van der Waals surface area contributed by atoms with E-state index in [0.717, 1.165) is 24.3 Å². The van der Waals surface area contributed by atoms with Crippen molar-refractivity contribution < 1.29 is 27.8 Å². The molecular formula is C16H16F2O4. The van der Waals surface area contributed by atoms with Crippen molar-refractivity contribution in [1.29, 1.82) is 0 Å². The van der Waals surface area contributed by atoms with Crippen LogP contribution in [0.15, 0.2) is 24.3 Å². The summed E-state index contributed by atoms with van der Waals surface area (Å²) in [4.78, 5) is 22.5. The maximum absolute atomic E-state index is 13.3. The number of halogens is 2. The molecule has 1 aromatic carbocycles. The molecule has 0 aliphatic carbocycles. The fourth-order valence-corrected chi connectivity index (χ4v) is 1.56. The Morgan fingerprint density at radius 3 is 1.59 bits per heavy atom. The van der Waals surface area contributed by atoms with E-state index in [4.69, 9.17) is 9.47 Å². The zero-order valence-corrected chi connectivity index (χ0v) is 12.3. The van der Waals surface area contributed by atoms with Crippen LogP contribution in [0.3, 0.4) is 0 Å². The molecule has 22 heavy (non-hydrogen) atoms. The van der Waals surface area contributed by atoms with Gasteiger partial charge in [0.05, 0.1) is 13.2 Å². The molecule has 0 spiro atoms. The zero-order chi connectivity index (χ0) is 16.5. The second-order valence-corrected chi connectivity index (χ2v) is 4.07. The van der Waals surface area contributed by atoms with E-state index < -0.39 is 23.6 Å². The lowest BCUT2D eigenvalue weighted by molar-refractivity contribution is -0.138. The van der Waals surface area contributed by atoms with E-state index in [1.807, 2.05) is 0 Å². The van der Waals surface area contributed by atoms with E-state index in [2.05, 4.69) is 0 Å². The molecule has 6 heteroatoms. The van der Waals surface area contributed by atoms with E-state index in [-0.39, 0.29) is 24.3 Å². The second kappa shape index (κ2) is 8.71. The Bertz CT molecular complexity index is 553. The lowest BCUT2D eigenvalue weighted by Gasteiger charge is -2.03. The number of ether oxygens (including phenoxy) is 2. The van der Waals surface area contributed by atoms with E-state index in [1.54, 1.807) is 13.8 Å². The summed E-state index contributed by atoms with van der Waals surface area (Å²) in [5, 5.41) is 0. The number of hydrogen-bond acceptors (Lipinski definition) is 4. The van der Waals surface area contributed by atoms with E-state index in [0.29, 0.717) is 0 Å². The van der Waals surface area contributed by atoms with Crippen LogP contribution in [0.2, 0.25) is 0 Å². The highest BCUT2D eigenvalue weighted by molar-refractivity contribution is 5.90. The number of esters is 2. The molecule has 4 nitrogen and oxygen atoms in total. The number of hydrogen-bond donors (Lipinski definition) is 0. The highest BCUT2D eigenvalue weighted by atomic mass is 19.2. The van der Waals surface area contributed by atoms with Gasteiger partial charge in [-0.2, -0.15) is 0 Å². The first kappa shape index (κ1) is 17.6. The molecule has 0 saturated heterocycles. The van der Waals surface area contributed by atoms with Gasteiger partial charge in [0.1, 0.15) is 0 Å². The number of benzene rings is 1. The largest absolute Gasteiger partial charge is 0.463 e. The van der Waals surface area contributed by atoms with E-state index >= 15 is 0 Å². The van der Waals surface area contributed by atoms with Crippen LogP contribution in [0, 0.1) is 11.6 Å². The summed E-state index contributed by atoms with van der Waals surface area (Å²) in [7, 11) is 0. The van der Waals surface area contributed by atoms with Gasteiger partial charge >= 0.3 is 11.9 Å². The molecule has 0 aliphatic heterocycles. The average Bonchev–Trinajstić information content (AvgIpc) is 2.47. The third kappa shape index (κ3) is 5.47. The molecule has 0 aliphatic rings. The highest BCUT2D eigenvalue weighted by Gasteiger charge is 2.07. The summed E-state index contributed by atoms with van der Waals surface area (Å²) < 4.78 is 36.0. The summed E-state index contributed by atoms with van der Waals surface area (Å²) in [5.74, 6) is -3.33. The highest BCUT2D eigenvalue weighted by Crippen LogP contribution is 2.18. The first-order valence-corrected chi connectivity index (χ1v) is 6.66. The van der Waals surface area contributed by atoms with E-state index in [9.17, 15) is 18.4 Å². The van der Waals surface area contributed by atoms with Crippen LogP contribution >= 0.6 is 0 Å². The van der Waals surface area contributed by atoms with Crippen molar-refractivity contribution in [3.05, 3.63) is 47.0 Å². The van der Waals surface area contributed by atoms with Gasteiger partial charge in [0.25, 0.3) is 0 Å². The van der Waals surface area contributed by atoms with Crippen LogP contribution in [0.25, 0.3) is 12.2 Å². The van der Waals surface area contributed by atoms with Crippen molar-refractivity contribution in [3.63, 3.8) is 0 Å². The third-order valence-corrected chi connectivity index (χ3v) is 2.50. The lowest BCUT2D eigenvalue weighted by atomic mass is 10.1. The van der Waals surface area contributed by atoms with Gasteiger partial charge in [-0.1, -0.05) is 0 Å². The Labute approximate surface area is 127 Å². The van der Waals surface area contributed by atoms with Crippen molar-refractivity contribution >= 4 is 24.1 Å². The van der Waals surface area contributed by atoms with Crippen molar-refractivity contribution in [2.45, 2.75) is 13.8 Å². The van der Waals surface area contributed by atoms with Crippen molar-refractivity contribution in [3.8, 4) is 0 Å². The van der Waals surface area contributed by atoms with Crippen LogP contribution in [0.1, 0.15) is 25.0 Å². The smallest absolute Gasteiger partial charge is 0.330 e. The normalized spacial score (nSPS) is 11.1. The minimum atomic E-state index is -1.06. The Hall–Kier alpha value is -2.50. The molecule has 0 bridgehead atoms. The minimum Gasteiger partial charge on any atom is -0.463 e. The van der Waals surface area contributed by atoms with Crippen LogP contribution < -0.4 is 0 Å². The van der Waals surface area contributed by atoms with Gasteiger partial charge in [-0.15, -0.1) is 0 Å². The van der Waals surface area contributed by atoms with Crippen molar-refractivity contribution in [2.24, 2.45) is 0 Å². The summed E-state index contributed by atoms with van der Waals surface area (Å²) in [6.45, 7) is 3.71. The number of rotatable bonds is 6. The summed E-state index contributed by atoms with van der Waals surface area (Å²) in [5.41, 5.74) is 0.458. The van der Waals surface area contributed by atoms with Gasteiger partial charge in [0.15, 0.2) is 11.6 Å². The topological polar surface area (TPSA) is 52.6 Å². The fourth-order valence-electron chi connectivity index (χ4n) is 1.56. The Morgan fingerprint density at radius 2 is 1.27 bits per heavy atom. The monoisotopic (exact) mass is 310 g/mol. The second-order valence-electron chi connectivity index (χ2n) is 4.07. The van der Waals surface area contributed by atoms with Crippen LogP contribution in [0.5, 0.6) is 0 Å². The predicted molar refractivity (Wildman–Crippen MR) is 77.7 cm³/mol. The maximum Gasteiger partial charge on any atom is 0.330 e. The van der Waals surface area contributed by atoms with E-state index in [1.165, 1.54) is 12.2 Å². The average molecular weight is 310 g/mol. The third-order valence-electron chi connectivity index (χ3n) is 2.50. The lowest BCUT2D eigenvalue weighted by Crippen LogP contribution is -2.00. The van der Waals surface area contributed by atoms with Gasteiger partial charge in [-0.05, 0) is 49.3 Å². The van der Waals surface area contributed by atoms with Crippen LogP contribution in [-0.2, 0) is 19.1 Å². The number of carbonyl (C=O) groups excluding carboxylic acids is 2. The van der Waals surface area contributed by atoms with Gasteiger partial charge in [0.2, 0.25) is 0 Å². The SMILES string of the molecule is CCOC(=O)/C=C/c1cc(F)c(F)cc1/C=C/C(=O)OCC. The molecule has 1 aromatic rings.